The van der Waals surface area contributed by atoms with Gasteiger partial charge in [0.1, 0.15) is 11.2 Å². The first-order valence-corrected chi connectivity index (χ1v) is 9.45. The molecule has 3 aromatic heterocycles. The quantitative estimate of drug-likeness (QED) is 0.594. The molecule has 1 aromatic carbocycles. The summed E-state index contributed by atoms with van der Waals surface area (Å²) in [5.41, 5.74) is 1.38. The predicted molar refractivity (Wildman–Crippen MR) is 101 cm³/mol. The highest BCUT2D eigenvalue weighted by Gasteiger charge is 2.32. The molecule has 1 aliphatic heterocycles. The summed E-state index contributed by atoms with van der Waals surface area (Å²) in [6, 6.07) is 11.5. The number of aromatic nitrogens is 3. The summed E-state index contributed by atoms with van der Waals surface area (Å²) in [4.78, 5) is 31.6. The van der Waals surface area contributed by atoms with Crippen LogP contribution in [0.25, 0.3) is 16.6 Å². The number of benzene rings is 1. The summed E-state index contributed by atoms with van der Waals surface area (Å²) in [6.07, 6.45) is 3.50. The average Bonchev–Trinajstić information content (AvgIpc) is 3.40. The lowest BCUT2D eigenvalue weighted by Crippen LogP contribution is -2.30. The maximum atomic E-state index is 13.2. The van der Waals surface area contributed by atoms with Gasteiger partial charge < -0.3 is 9.88 Å². The molecule has 5 rings (SSSR count). The van der Waals surface area contributed by atoms with Crippen LogP contribution in [0.15, 0.2) is 52.8 Å². The van der Waals surface area contributed by atoms with E-state index in [1.165, 1.54) is 4.88 Å². The minimum atomic E-state index is -0.209. The minimum absolute atomic E-state index is 0.0816. The Hall–Kier alpha value is -2.93. The van der Waals surface area contributed by atoms with Crippen molar-refractivity contribution in [3.05, 3.63) is 68.8 Å². The van der Waals surface area contributed by atoms with Gasteiger partial charge in [-0.3, -0.25) is 9.59 Å². The monoisotopic (exact) mass is 364 g/mol. The van der Waals surface area contributed by atoms with Crippen LogP contribution in [0.1, 0.15) is 34.1 Å². The Morgan fingerprint density at radius 1 is 1.23 bits per heavy atom. The first-order valence-electron chi connectivity index (χ1n) is 8.57. The summed E-state index contributed by atoms with van der Waals surface area (Å²) < 4.78 is 1.64. The van der Waals surface area contributed by atoms with Gasteiger partial charge in [0, 0.05) is 11.4 Å². The van der Waals surface area contributed by atoms with Crippen molar-refractivity contribution < 1.29 is 4.79 Å². The number of fused-ring (bicyclic) bond motifs is 3. The maximum absolute atomic E-state index is 13.2. The molecule has 0 spiro atoms. The molecule has 1 fully saturated rings. The zero-order chi connectivity index (χ0) is 17.7. The smallest absolute Gasteiger partial charge is 0.259 e. The Bertz CT molecular complexity index is 1180. The number of H-pyrrole nitrogens is 1. The molecule has 4 aromatic rings. The van der Waals surface area contributed by atoms with E-state index >= 15 is 0 Å². The molecular weight excluding hydrogens is 348 g/mol. The summed E-state index contributed by atoms with van der Waals surface area (Å²) in [5, 5.41) is 6.96. The van der Waals surface area contributed by atoms with E-state index in [1.54, 1.807) is 28.1 Å². The van der Waals surface area contributed by atoms with Gasteiger partial charge in [0.15, 0.2) is 0 Å². The molecule has 7 heteroatoms. The lowest BCUT2D eigenvalue weighted by molar-refractivity contribution is 0.0739. The van der Waals surface area contributed by atoms with Crippen LogP contribution >= 0.6 is 11.3 Å². The number of carbonyl (C=O) groups is 1. The van der Waals surface area contributed by atoms with Crippen LogP contribution < -0.4 is 5.56 Å². The number of hydrogen-bond donors (Lipinski definition) is 1. The SMILES string of the molecule is O=C(c1cnn2c1[nH]c(=O)c1ccccc12)N1CCCC1c1cccs1. The Morgan fingerprint density at radius 2 is 2.12 bits per heavy atom. The van der Waals surface area contributed by atoms with Gasteiger partial charge in [-0.25, -0.2) is 4.52 Å². The van der Waals surface area contributed by atoms with Crippen LogP contribution in [0.5, 0.6) is 0 Å². The molecule has 1 aliphatic rings. The zero-order valence-electron chi connectivity index (χ0n) is 13.9. The molecule has 1 atom stereocenters. The number of hydrogen-bond acceptors (Lipinski definition) is 4. The van der Waals surface area contributed by atoms with E-state index in [9.17, 15) is 9.59 Å². The van der Waals surface area contributed by atoms with Crippen LogP contribution in [0.4, 0.5) is 0 Å². The van der Waals surface area contributed by atoms with Gasteiger partial charge in [0.25, 0.3) is 11.5 Å². The zero-order valence-corrected chi connectivity index (χ0v) is 14.7. The number of aromatic amines is 1. The summed E-state index contributed by atoms with van der Waals surface area (Å²) >= 11 is 1.67. The van der Waals surface area contributed by atoms with Crippen LogP contribution in [-0.2, 0) is 0 Å². The number of likely N-dealkylation sites (tertiary alicyclic amines) is 1. The average molecular weight is 364 g/mol. The van der Waals surface area contributed by atoms with E-state index in [0.29, 0.717) is 22.1 Å². The van der Waals surface area contributed by atoms with Crippen molar-refractivity contribution in [2.45, 2.75) is 18.9 Å². The highest BCUT2D eigenvalue weighted by molar-refractivity contribution is 7.10. The van der Waals surface area contributed by atoms with Crippen molar-refractivity contribution in [3.8, 4) is 0 Å². The van der Waals surface area contributed by atoms with Crippen molar-refractivity contribution in [1.82, 2.24) is 19.5 Å². The Balaban J connectivity index is 1.63. The molecule has 1 unspecified atom stereocenters. The molecule has 1 N–H and O–H groups in total. The topological polar surface area (TPSA) is 70.5 Å². The second kappa shape index (κ2) is 5.81. The lowest BCUT2D eigenvalue weighted by Gasteiger charge is -2.23. The van der Waals surface area contributed by atoms with Gasteiger partial charge in [0.2, 0.25) is 0 Å². The first kappa shape index (κ1) is 15.3. The molecule has 130 valence electrons. The van der Waals surface area contributed by atoms with E-state index < -0.39 is 0 Å². The molecule has 4 heterocycles. The fraction of sp³-hybridized carbons (Fsp3) is 0.211. The van der Waals surface area contributed by atoms with Crippen LogP contribution in [-0.4, -0.2) is 31.9 Å². The number of carbonyl (C=O) groups excluding carboxylic acids is 1. The minimum Gasteiger partial charge on any atom is -0.331 e. The van der Waals surface area contributed by atoms with Gasteiger partial charge >= 0.3 is 0 Å². The highest BCUT2D eigenvalue weighted by Crippen LogP contribution is 2.35. The molecule has 0 radical (unpaired) electrons. The Kier molecular flexibility index (Phi) is 3.43. The second-order valence-corrected chi connectivity index (χ2v) is 7.44. The first-order chi connectivity index (χ1) is 12.7. The maximum Gasteiger partial charge on any atom is 0.259 e. The van der Waals surface area contributed by atoms with Crippen molar-refractivity contribution in [1.29, 1.82) is 0 Å². The fourth-order valence-electron chi connectivity index (χ4n) is 3.77. The number of para-hydroxylation sites is 1. The van der Waals surface area contributed by atoms with Gasteiger partial charge in [-0.05, 0) is 36.4 Å². The molecule has 0 aliphatic carbocycles. The summed E-state index contributed by atoms with van der Waals surface area (Å²) in [5.74, 6) is -0.0816. The molecule has 1 amide bonds. The van der Waals surface area contributed by atoms with Crippen LogP contribution in [0.2, 0.25) is 0 Å². The van der Waals surface area contributed by atoms with E-state index in [2.05, 4.69) is 16.1 Å². The third-order valence-electron chi connectivity index (χ3n) is 4.99. The molecule has 0 bridgehead atoms. The summed E-state index contributed by atoms with van der Waals surface area (Å²) in [7, 11) is 0. The van der Waals surface area contributed by atoms with Gasteiger partial charge in [-0.2, -0.15) is 5.10 Å². The van der Waals surface area contributed by atoms with E-state index in [1.807, 2.05) is 34.5 Å². The van der Waals surface area contributed by atoms with E-state index in [-0.39, 0.29) is 17.5 Å². The third kappa shape index (κ3) is 2.20. The van der Waals surface area contributed by atoms with Crippen molar-refractivity contribution in [2.75, 3.05) is 6.54 Å². The number of rotatable bonds is 2. The fourth-order valence-corrected chi connectivity index (χ4v) is 4.65. The molecule has 26 heavy (non-hydrogen) atoms. The molecular formula is C19H16N4O2S. The van der Waals surface area contributed by atoms with Gasteiger partial charge in [0.05, 0.1) is 23.1 Å². The largest absolute Gasteiger partial charge is 0.331 e. The molecule has 1 saturated heterocycles. The number of thiophene rings is 1. The van der Waals surface area contributed by atoms with E-state index in [0.717, 1.165) is 19.4 Å². The number of nitrogens with one attached hydrogen (secondary N) is 1. The molecule has 6 nitrogen and oxygen atoms in total. The van der Waals surface area contributed by atoms with Crippen LogP contribution in [0, 0.1) is 0 Å². The second-order valence-electron chi connectivity index (χ2n) is 6.46. The van der Waals surface area contributed by atoms with Crippen molar-refractivity contribution in [3.63, 3.8) is 0 Å². The Morgan fingerprint density at radius 3 is 2.96 bits per heavy atom. The normalized spacial score (nSPS) is 17.4. The predicted octanol–water partition coefficient (Wildman–Crippen LogP) is 3.21. The van der Waals surface area contributed by atoms with Crippen LogP contribution in [0.3, 0.4) is 0 Å². The number of amides is 1. The van der Waals surface area contributed by atoms with Gasteiger partial charge in [-0.1, -0.05) is 18.2 Å². The number of nitrogens with zero attached hydrogens (tertiary/aromatic N) is 3. The molecule has 0 saturated carbocycles. The highest BCUT2D eigenvalue weighted by atomic mass is 32.1. The Labute approximate surface area is 152 Å². The van der Waals surface area contributed by atoms with Crippen molar-refractivity contribution in [2.24, 2.45) is 0 Å². The standard InChI is InChI=1S/C19H16N4O2S/c24-18-12-5-1-2-6-14(12)23-17(21-18)13(11-20-23)19(25)22-9-3-7-15(22)16-8-4-10-26-16/h1-2,4-6,8,10-11,15H,3,7,9H2,(H,21,24). The van der Waals surface area contributed by atoms with Crippen molar-refractivity contribution >= 4 is 33.8 Å². The van der Waals surface area contributed by atoms with Gasteiger partial charge in [-0.15, -0.1) is 11.3 Å². The summed E-state index contributed by atoms with van der Waals surface area (Å²) in [6.45, 7) is 0.719. The van der Waals surface area contributed by atoms with E-state index in [4.69, 9.17) is 0 Å². The third-order valence-corrected chi connectivity index (χ3v) is 5.97. The lowest BCUT2D eigenvalue weighted by atomic mass is 10.1.